The predicted octanol–water partition coefficient (Wildman–Crippen LogP) is 4.34. The molecule has 0 bridgehead atoms. The molecule has 2 heterocycles. The second kappa shape index (κ2) is 6.18. The van der Waals surface area contributed by atoms with E-state index in [1.54, 1.807) is 34.9 Å². The van der Waals surface area contributed by atoms with Crippen LogP contribution in [-0.4, -0.2) is 20.5 Å². The summed E-state index contributed by atoms with van der Waals surface area (Å²) in [7, 11) is 0. The topological polar surface area (TPSA) is 79.3 Å². The molecule has 0 unspecified atom stereocenters. The van der Waals surface area contributed by atoms with Crippen LogP contribution in [0.4, 0.5) is 11.5 Å². The standard InChI is InChI=1S/C16H13ClN4O2/c1-10-3-2-8-21-15(10)18-13(9-14(22)23)16(21)20-19-12-6-4-11(17)5-7-12/h2-8H,9H2,1H3,(H,22,23). The van der Waals surface area contributed by atoms with Gasteiger partial charge in [0.25, 0.3) is 0 Å². The lowest BCUT2D eigenvalue weighted by molar-refractivity contribution is -0.136. The minimum absolute atomic E-state index is 0.212. The molecule has 3 rings (SSSR count). The van der Waals surface area contributed by atoms with Gasteiger partial charge in [-0.2, -0.15) is 0 Å². The van der Waals surface area contributed by atoms with E-state index in [-0.39, 0.29) is 6.42 Å². The number of azo groups is 1. The molecule has 7 heteroatoms. The molecule has 0 saturated heterocycles. The number of benzene rings is 1. The number of aliphatic carboxylic acids is 1. The Morgan fingerprint density at radius 1 is 1.26 bits per heavy atom. The number of carboxylic acids is 1. The van der Waals surface area contributed by atoms with Gasteiger partial charge in [-0.1, -0.05) is 17.7 Å². The van der Waals surface area contributed by atoms with Gasteiger partial charge in [0.05, 0.1) is 17.8 Å². The Bertz CT molecular complexity index is 900. The summed E-state index contributed by atoms with van der Waals surface area (Å²) in [6, 6.07) is 10.7. The number of carbonyl (C=O) groups is 1. The average molecular weight is 329 g/mol. The van der Waals surface area contributed by atoms with Crippen LogP contribution in [0.15, 0.2) is 52.8 Å². The van der Waals surface area contributed by atoms with Crippen molar-refractivity contribution in [3.8, 4) is 0 Å². The summed E-state index contributed by atoms with van der Waals surface area (Å²) in [5.41, 5.74) is 2.61. The quantitative estimate of drug-likeness (QED) is 0.723. The number of halogens is 1. The molecule has 1 N–H and O–H groups in total. The van der Waals surface area contributed by atoms with Crippen molar-refractivity contribution in [3.63, 3.8) is 0 Å². The van der Waals surface area contributed by atoms with Crippen LogP contribution >= 0.6 is 11.6 Å². The number of hydrogen-bond donors (Lipinski definition) is 1. The van der Waals surface area contributed by atoms with Gasteiger partial charge in [0, 0.05) is 11.2 Å². The van der Waals surface area contributed by atoms with Gasteiger partial charge in [-0.15, -0.1) is 10.2 Å². The lowest BCUT2D eigenvalue weighted by Gasteiger charge is -1.99. The minimum atomic E-state index is -0.964. The van der Waals surface area contributed by atoms with Gasteiger partial charge >= 0.3 is 5.97 Å². The summed E-state index contributed by atoms with van der Waals surface area (Å²) >= 11 is 5.84. The van der Waals surface area contributed by atoms with Crippen LogP contribution in [0.5, 0.6) is 0 Å². The van der Waals surface area contributed by atoms with Crippen LogP contribution in [0.25, 0.3) is 5.65 Å². The smallest absolute Gasteiger partial charge is 0.309 e. The molecule has 6 nitrogen and oxygen atoms in total. The number of hydrogen-bond acceptors (Lipinski definition) is 4. The molecular weight excluding hydrogens is 316 g/mol. The molecule has 0 saturated carbocycles. The van der Waals surface area contributed by atoms with E-state index < -0.39 is 5.97 Å². The highest BCUT2D eigenvalue weighted by Crippen LogP contribution is 2.26. The Morgan fingerprint density at radius 2 is 2.00 bits per heavy atom. The Kier molecular flexibility index (Phi) is 4.08. The summed E-state index contributed by atoms with van der Waals surface area (Å²) in [6.07, 6.45) is 1.58. The number of nitrogens with zero attached hydrogens (tertiary/aromatic N) is 4. The SMILES string of the molecule is Cc1cccn2c(N=Nc3ccc(Cl)cc3)c(CC(=O)O)nc12. The van der Waals surface area contributed by atoms with E-state index in [2.05, 4.69) is 15.2 Å². The van der Waals surface area contributed by atoms with Crippen molar-refractivity contribution in [1.29, 1.82) is 0 Å². The third-order valence-corrected chi connectivity index (χ3v) is 3.55. The largest absolute Gasteiger partial charge is 0.481 e. The maximum absolute atomic E-state index is 11.1. The zero-order chi connectivity index (χ0) is 16.4. The van der Waals surface area contributed by atoms with Gasteiger partial charge in [-0.25, -0.2) is 4.98 Å². The van der Waals surface area contributed by atoms with E-state index in [1.807, 2.05) is 19.1 Å². The van der Waals surface area contributed by atoms with Crippen molar-refractivity contribution in [3.05, 3.63) is 58.9 Å². The fraction of sp³-hybridized carbons (Fsp3) is 0.125. The number of fused-ring (bicyclic) bond motifs is 1. The van der Waals surface area contributed by atoms with E-state index in [9.17, 15) is 4.79 Å². The number of aromatic nitrogens is 2. The Morgan fingerprint density at radius 3 is 2.70 bits per heavy atom. The highest BCUT2D eigenvalue weighted by molar-refractivity contribution is 6.30. The van der Waals surface area contributed by atoms with Gasteiger partial charge in [-0.3, -0.25) is 9.20 Å². The van der Waals surface area contributed by atoms with Crippen LogP contribution in [0.1, 0.15) is 11.3 Å². The molecule has 116 valence electrons. The second-order valence-electron chi connectivity index (χ2n) is 5.01. The summed E-state index contributed by atoms with van der Waals surface area (Å²) in [5.74, 6) is -0.546. The number of carboxylic acid groups (broad SMARTS) is 1. The molecule has 0 amide bonds. The third kappa shape index (κ3) is 3.22. The molecule has 2 aromatic heterocycles. The Hall–Kier alpha value is -2.73. The van der Waals surface area contributed by atoms with Gasteiger partial charge in [0.1, 0.15) is 5.65 Å². The molecule has 1 aromatic carbocycles. The maximum Gasteiger partial charge on any atom is 0.309 e. The van der Waals surface area contributed by atoms with E-state index in [4.69, 9.17) is 16.7 Å². The number of pyridine rings is 1. The maximum atomic E-state index is 11.1. The molecule has 0 radical (unpaired) electrons. The highest BCUT2D eigenvalue weighted by atomic mass is 35.5. The number of rotatable bonds is 4. The Balaban J connectivity index is 2.08. The van der Waals surface area contributed by atoms with Crippen molar-refractivity contribution < 1.29 is 9.90 Å². The van der Waals surface area contributed by atoms with E-state index in [0.29, 0.717) is 27.9 Å². The fourth-order valence-corrected chi connectivity index (χ4v) is 2.34. The first-order valence-electron chi connectivity index (χ1n) is 6.90. The van der Waals surface area contributed by atoms with E-state index >= 15 is 0 Å². The van der Waals surface area contributed by atoms with Crippen molar-refractivity contribution in [2.24, 2.45) is 10.2 Å². The first-order valence-corrected chi connectivity index (χ1v) is 7.28. The van der Waals surface area contributed by atoms with Crippen molar-refractivity contribution in [1.82, 2.24) is 9.38 Å². The van der Waals surface area contributed by atoms with Crippen LogP contribution < -0.4 is 0 Å². The predicted molar refractivity (Wildman–Crippen MR) is 86.9 cm³/mol. The molecular formula is C16H13ClN4O2. The molecule has 0 atom stereocenters. The van der Waals surface area contributed by atoms with Crippen molar-refractivity contribution in [2.75, 3.05) is 0 Å². The molecule has 0 aliphatic carbocycles. The molecule has 3 aromatic rings. The van der Waals surface area contributed by atoms with Crippen molar-refractivity contribution in [2.45, 2.75) is 13.3 Å². The van der Waals surface area contributed by atoms with E-state index in [0.717, 1.165) is 5.56 Å². The summed E-state index contributed by atoms with van der Waals surface area (Å²) < 4.78 is 1.74. The minimum Gasteiger partial charge on any atom is -0.481 e. The lowest BCUT2D eigenvalue weighted by atomic mass is 10.3. The monoisotopic (exact) mass is 328 g/mol. The Labute approximate surface area is 137 Å². The summed E-state index contributed by atoms with van der Waals surface area (Å²) in [4.78, 5) is 15.4. The average Bonchev–Trinajstić information content (AvgIpc) is 2.85. The summed E-state index contributed by atoms with van der Waals surface area (Å²) in [5, 5.41) is 18.0. The second-order valence-corrected chi connectivity index (χ2v) is 5.45. The van der Waals surface area contributed by atoms with Crippen LogP contribution in [0, 0.1) is 6.92 Å². The van der Waals surface area contributed by atoms with Gasteiger partial charge < -0.3 is 5.11 Å². The van der Waals surface area contributed by atoms with Crippen LogP contribution in [0.2, 0.25) is 5.02 Å². The number of aryl methyl sites for hydroxylation is 1. The molecule has 0 fully saturated rings. The molecule has 0 aliphatic heterocycles. The van der Waals surface area contributed by atoms with Crippen LogP contribution in [-0.2, 0) is 11.2 Å². The van der Waals surface area contributed by atoms with Crippen LogP contribution in [0.3, 0.4) is 0 Å². The zero-order valence-electron chi connectivity index (χ0n) is 12.3. The highest BCUT2D eigenvalue weighted by Gasteiger charge is 2.15. The number of imidazole rings is 1. The van der Waals surface area contributed by atoms with Crippen molar-refractivity contribution >= 4 is 34.7 Å². The molecule has 23 heavy (non-hydrogen) atoms. The first-order chi connectivity index (χ1) is 11.0. The normalized spacial score (nSPS) is 11.4. The van der Waals surface area contributed by atoms with Gasteiger partial charge in [-0.05, 0) is 42.8 Å². The lowest BCUT2D eigenvalue weighted by Crippen LogP contribution is -2.00. The van der Waals surface area contributed by atoms with Gasteiger partial charge in [0.2, 0.25) is 0 Å². The molecule has 0 spiro atoms. The van der Waals surface area contributed by atoms with E-state index in [1.165, 1.54) is 0 Å². The summed E-state index contributed by atoms with van der Waals surface area (Å²) in [6.45, 7) is 1.91. The zero-order valence-corrected chi connectivity index (χ0v) is 13.0. The fourth-order valence-electron chi connectivity index (χ4n) is 2.22. The van der Waals surface area contributed by atoms with Gasteiger partial charge in [0.15, 0.2) is 5.82 Å². The first kappa shape index (κ1) is 15.2. The third-order valence-electron chi connectivity index (χ3n) is 3.29. The molecule has 0 aliphatic rings.